The van der Waals surface area contributed by atoms with Gasteiger partial charge in [0.05, 0.1) is 5.75 Å². The number of nitrogens with one attached hydrogen (secondary N) is 1. The molecule has 4 nitrogen and oxygen atoms in total. The number of hydrogen-bond donors (Lipinski definition) is 1. The first-order chi connectivity index (χ1) is 7.22. The summed E-state index contributed by atoms with van der Waals surface area (Å²) in [6.07, 6.45) is 4.60. The molecule has 0 saturated carbocycles. The molecule has 1 fully saturated rings. The van der Waals surface area contributed by atoms with Crippen molar-refractivity contribution in [3.8, 4) is 0 Å². The Morgan fingerprint density at radius 2 is 2.33 bits per heavy atom. The first-order valence-corrected chi connectivity index (χ1v) is 6.24. The van der Waals surface area contributed by atoms with Gasteiger partial charge in [-0.15, -0.1) is 5.10 Å². The van der Waals surface area contributed by atoms with E-state index in [1.807, 2.05) is 6.92 Å². The van der Waals surface area contributed by atoms with Crippen LogP contribution < -0.4 is 5.32 Å². The molecule has 0 aromatic rings. The number of carbonyl (C=O) groups is 1. The van der Waals surface area contributed by atoms with E-state index in [0.29, 0.717) is 10.9 Å². The van der Waals surface area contributed by atoms with E-state index in [0.717, 1.165) is 18.6 Å². The molecule has 0 unspecified atom stereocenters. The van der Waals surface area contributed by atoms with Crippen LogP contribution >= 0.6 is 11.8 Å². The second kappa shape index (κ2) is 6.61. The van der Waals surface area contributed by atoms with Gasteiger partial charge in [-0.3, -0.25) is 4.79 Å². The Kier molecular flexibility index (Phi) is 5.39. The van der Waals surface area contributed by atoms with Crippen molar-refractivity contribution in [2.45, 2.75) is 39.5 Å². The van der Waals surface area contributed by atoms with Gasteiger partial charge in [-0.05, 0) is 19.8 Å². The summed E-state index contributed by atoms with van der Waals surface area (Å²) in [4.78, 5) is 10.8. The highest BCUT2D eigenvalue weighted by Crippen LogP contribution is 2.09. The highest BCUT2D eigenvalue weighted by atomic mass is 32.2. The molecule has 0 radical (unpaired) electrons. The fourth-order valence-electron chi connectivity index (χ4n) is 1.19. The summed E-state index contributed by atoms with van der Waals surface area (Å²) < 4.78 is 0. The third-order valence-corrected chi connectivity index (χ3v) is 2.90. The molecule has 1 amide bonds. The molecule has 0 aromatic heterocycles. The number of rotatable bonds is 5. The lowest BCUT2D eigenvalue weighted by Crippen LogP contribution is -2.19. The summed E-state index contributed by atoms with van der Waals surface area (Å²) in [6.45, 7) is 4.15. The van der Waals surface area contributed by atoms with E-state index in [1.165, 1.54) is 24.6 Å². The summed E-state index contributed by atoms with van der Waals surface area (Å²) in [5, 5.41) is 11.3. The first kappa shape index (κ1) is 12.2. The quantitative estimate of drug-likeness (QED) is 0.444. The number of amides is 1. The van der Waals surface area contributed by atoms with Crippen LogP contribution in [0.25, 0.3) is 0 Å². The third kappa shape index (κ3) is 4.97. The zero-order valence-electron chi connectivity index (χ0n) is 9.25. The maximum atomic E-state index is 10.8. The molecule has 84 valence electrons. The Bertz CT molecular complexity index is 286. The largest absolute Gasteiger partial charge is 0.303 e. The number of carbonyl (C=O) groups excluding carboxylic acids is 1. The minimum Gasteiger partial charge on any atom is -0.303 e. The van der Waals surface area contributed by atoms with Crippen molar-refractivity contribution in [1.29, 1.82) is 0 Å². The first-order valence-electron chi connectivity index (χ1n) is 5.26. The smallest absolute Gasteiger partial charge is 0.236 e. The van der Waals surface area contributed by atoms with E-state index in [9.17, 15) is 4.79 Å². The normalized spacial score (nSPS) is 19.7. The van der Waals surface area contributed by atoms with Gasteiger partial charge in [-0.1, -0.05) is 31.5 Å². The Morgan fingerprint density at radius 1 is 1.53 bits per heavy atom. The topological polar surface area (TPSA) is 53.8 Å². The molecule has 1 aliphatic rings. The monoisotopic (exact) mass is 227 g/mol. The van der Waals surface area contributed by atoms with Gasteiger partial charge in [-0.2, -0.15) is 5.10 Å². The van der Waals surface area contributed by atoms with E-state index in [1.54, 1.807) is 0 Å². The van der Waals surface area contributed by atoms with Crippen molar-refractivity contribution in [1.82, 2.24) is 5.32 Å². The van der Waals surface area contributed by atoms with Crippen LogP contribution in [0.15, 0.2) is 10.2 Å². The van der Waals surface area contributed by atoms with Crippen LogP contribution in [0, 0.1) is 0 Å². The molecule has 5 heteroatoms. The highest BCUT2D eigenvalue weighted by molar-refractivity contribution is 8.15. The van der Waals surface area contributed by atoms with Gasteiger partial charge in [0.25, 0.3) is 0 Å². The van der Waals surface area contributed by atoms with Crippen molar-refractivity contribution in [3.63, 3.8) is 0 Å². The standard InChI is InChI=1S/C10H17N3OS/c1-3-4-5-6-8(2)12-13-10-11-9(14)7-15-10/h3-7H2,1-2H3,(H,11,13,14)/b12-8-. The predicted octanol–water partition coefficient (Wildman–Crippen LogP) is 2.16. The van der Waals surface area contributed by atoms with Gasteiger partial charge in [0.15, 0.2) is 5.17 Å². The van der Waals surface area contributed by atoms with Gasteiger partial charge >= 0.3 is 0 Å². The number of hydrogen-bond acceptors (Lipinski definition) is 4. The van der Waals surface area contributed by atoms with Crippen molar-refractivity contribution in [2.75, 3.05) is 5.75 Å². The van der Waals surface area contributed by atoms with Crippen molar-refractivity contribution >= 4 is 28.5 Å². The Morgan fingerprint density at radius 3 is 2.93 bits per heavy atom. The van der Waals surface area contributed by atoms with E-state index in [4.69, 9.17) is 0 Å². The molecule has 0 spiro atoms. The third-order valence-electron chi connectivity index (χ3n) is 2.04. The van der Waals surface area contributed by atoms with Crippen LogP contribution in [0.4, 0.5) is 0 Å². The summed E-state index contributed by atoms with van der Waals surface area (Å²) in [5.74, 6) is 0.473. The molecule has 1 aliphatic heterocycles. The molecule has 0 aliphatic carbocycles. The average Bonchev–Trinajstić information content (AvgIpc) is 2.62. The van der Waals surface area contributed by atoms with Crippen molar-refractivity contribution < 1.29 is 4.79 Å². The lowest BCUT2D eigenvalue weighted by atomic mass is 10.1. The fraction of sp³-hybridized carbons (Fsp3) is 0.700. The summed E-state index contributed by atoms with van der Waals surface area (Å²) in [7, 11) is 0. The zero-order valence-corrected chi connectivity index (χ0v) is 10.1. The number of nitrogens with zero attached hydrogens (tertiary/aromatic N) is 2. The number of unbranched alkanes of at least 4 members (excludes halogenated alkanes) is 2. The van der Waals surface area contributed by atoms with E-state index < -0.39 is 0 Å². The molecule has 1 heterocycles. The maximum absolute atomic E-state index is 10.8. The predicted molar refractivity (Wildman–Crippen MR) is 65.3 cm³/mol. The summed E-state index contributed by atoms with van der Waals surface area (Å²) >= 11 is 1.40. The molecular weight excluding hydrogens is 210 g/mol. The lowest BCUT2D eigenvalue weighted by Gasteiger charge is -1.97. The molecule has 0 aromatic carbocycles. The SMILES string of the molecule is CCCCC/C(C)=N\N=C1/NC(=O)CS1. The van der Waals surface area contributed by atoms with Gasteiger partial charge in [0, 0.05) is 5.71 Å². The molecule has 15 heavy (non-hydrogen) atoms. The zero-order chi connectivity index (χ0) is 11.1. The van der Waals surface area contributed by atoms with Gasteiger partial charge < -0.3 is 5.32 Å². The van der Waals surface area contributed by atoms with Crippen molar-refractivity contribution in [2.24, 2.45) is 10.2 Å². The van der Waals surface area contributed by atoms with Crippen LogP contribution in [-0.4, -0.2) is 22.5 Å². The molecular formula is C10H17N3OS. The van der Waals surface area contributed by atoms with Gasteiger partial charge in [0.1, 0.15) is 0 Å². The van der Waals surface area contributed by atoms with Crippen LogP contribution in [0.3, 0.4) is 0 Å². The average molecular weight is 227 g/mol. The molecule has 0 bridgehead atoms. The number of thioether (sulfide) groups is 1. The second-order valence-corrected chi connectivity index (χ2v) is 4.50. The van der Waals surface area contributed by atoms with Gasteiger partial charge in [-0.25, -0.2) is 0 Å². The summed E-state index contributed by atoms with van der Waals surface area (Å²) in [5.41, 5.74) is 1.03. The molecule has 1 N–H and O–H groups in total. The maximum Gasteiger partial charge on any atom is 0.236 e. The van der Waals surface area contributed by atoms with Crippen LogP contribution in [0.5, 0.6) is 0 Å². The Balaban J connectivity index is 2.32. The highest BCUT2D eigenvalue weighted by Gasteiger charge is 2.15. The van der Waals surface area contributed by atoms with E-state index in [2.05, 4.69) is 22.4 Å². The van der Waals surface area contributed by atoms with E-state index in [-0.39, 0.29) is 5.91 Å². The fourth-order valence-corrected chi connectivity index (χ4v) is 1.82. The Labute approximate surface area is 94.6 Å². The molecule has 0 atom stereocenters. The van der Waals surface area contributed by atoms with Gasteiger partial charge in [0.2, 0.25) is 5.91 Å². The lowest BCUT2D eigenvalue weighted by molar-refractivity contribution is -0.116. The number of amidine groups is 1. The second-order valence-electron chi connectivity index (χ2n) is 3.53. The van der Waals surface area contributed by atoms with E-state index >= 15 is 0 Å². The molecule has 1 rings (SSSR count). The Hall–Kier alpha value is -0.840. The minimum atomic E-state index is 0.0117. The van der Waals surface area contributed by atoms with Crippen molar-refractivity contribution in [3.05, 3.63) is 0 Å². The minimum absolute atomic E-state index is 0.0117. The molecule has 1 saturated heterocycles. The van der Waals surface area contributed by atoms with Crippen LogP contribution in [0.1, 0.15) is 39.5 Å². The van der Waals surface area contributed by atoms with Crippen LogP contribution in [0.2, 0.25) is 0 Å². The van der Waals surface area contributed by atoms with Crippen LogP contribution in [-0.2, 0) is 4.79 Å². The summed E-state index contributed by atoms with van der Waals surface area (Å²) in [6, 6.07) is 0.